The number of rotatable bonds is 4. The molecule has 2 aromatic rings. The maximum atomic E-state index is 12.2. The van der Waals surface area contributed by atoms with Crippen molar-refractivity contribution in [1.82, 2.24) is 5.32 Å². The summed E-state index contributed by atoms with van der Waals surface area (Å²) in [6.07, 6.45) is 1.28. The Morgan fingerprint density at radius 2 is 1.80 bits per heavy atom. The summed E-state index contributed by atoms with van der Waals surface area (Å²) in [5.74, 6) is 0.0291. The lowest BCUT2D eigenvalue weighted by atomic mass is 10.1. The van der Waals surface area contributed by atoms with Crippen LogP contribution in [0, 0.1) is 6.92 Å². The van der Waals surface area contributed by atoms with E-state index in [1.54, 1.807) is 4.90 Å². The van der Waals surface area contributed by atoms with Gasteiger partial charge < -0.3 is 15.5 Å². The molecule has 25 heavy (non-hydrogen) atoms. The fraction of sp³-hybridized carbons (Fsp3) is 0.300. The largest absolute Gasteiger partial charge is 0.333 e. The number of hydrogen-bond acceptors (Lipinski definition) is 2. The molecule has 0 saturated carbocycles. The molecular weight excluding hydrogens is 314 g/mol. The molecule has 2 N–H and O–H groups in total. The van der Waals surface area contributed by atoms with Crippen molar-refractivity contribution in [2.24, 2.45) is 0 Å². The van der Waals surface area contributed by atoms with Gasteiger partial charge in [0.1, 0.15) is 0 Å². The van der Waals surface area contributed by atoms with Crippen LogP contribution in [0.25, 0.3) is 0 Å². The summed E-state index contributed by atoms with van der Waals surface area (Å²) >= 11 is 0. The van der Waals surface area contributed by atoms with Gasteiger partial charge in [0.2, 0.25) is 5.91 Å². The average Bonchev–Trinajstić information content (AvgIpc) is 2.96. The van der Waals surface area contributed by atoms with Gasteiger partial charge in [-0.05, 0) is 43.2 Å². The highest BCUT2D eigenvalue weighted by Crippen LogP contribution is 2.22. The molecule has 0 bridgehead atoms. The first-order valence-electron chi connectivity index (χ1n) is 8.58. The quantitative estimate of drug-likeness (QED) is 0.897. The molecule has 5 nitrogen and oxygen atoms in total. The van der Waals surface area contributed by atoms with Crippen molar-refractivity contribution in [2.75, 3.05) is 16.8 Å². The zero-order valence-corrected chi connectivity index (χ0v) is 14.6. The predicted molar refractivity (Wildman–Crippen MR) is 99.9 cm³/mol. The van der Waals surface area contributed by atoms with Gasteiger partial charge in [-0.1, -0.05) is 36.8 Å². The molecule has 1 aliphatic rings. The molecule has 1 atom stereocenters. The SMILES string of the molecule is CCc1ccc(NC(=O)N[C@@H]2CC(=O)N(c3ccc(C)cc3)C2)cc1. The molecule has 1 heterocycles. The Kier molecular flexibility index (Phi) is 5.03. The molecule has 130 valence electrons. The van der Waals surface area contributed by atoms with E-state index in [-0.39, 0.29) is 18.0 Å². The topological polar surface area (TPSA) is 61.4 Å². The Balaban J connectivity index is 1.57. The smallest absolute Gasteiger partial charge is 0.319 e. The minimum absolute atomic E-state index is 0.0291. The Labute approximate surface area is 148 Å². The van der Waals surface area contributed by atoms with Crippen molar-refractivity contribution in [3.8, 4) is 0 Å². The Hall–Kier alpha value is -2.82. The molecule has 0 aromatic heterocycles. The molecule has 2 aromatic carbocycles. The van der Waals surface area contributed by atoms with E-state index < -0.39 is 0 Å². The van der Waals surface area contributed by atoms with Crippen molar-refractivity contribution in [3.05, 3.63) is 59.7 Å². The van der Waals surface area contributed by atoms with Gasteiger partial charge >= 0.3 is 6.03 Å². The maximum Gasteiger partial charge on any atom is 0.319 e. The monoisotopic (exact) mass is 337 g/mol. The predicted octanol–water partition coefficient (Wildman–Crippen LogP) is 3.48. The lowest BCUT2D eigenvalue weighted by Gasteiger charge is -2.17. The third-order valence-electron chi connectivity index (χ3n) is 4.43. The van der Waals surface area contributed by atoms with Crippen LogP contribution in [0.1, 0.15) is 24.5 Å². The third kappa shape index (κ3) is 4.18. The first kappa shape index (κ1) is 17.0. The number of aryl methyl sites for hydroxylation is 2. The van der Waals surface area contributed by atoms with Crippen LogP contribution >= 0.6 is 0 Å². The van der Waals surface area contributed by atoms with Crippen molar-refractivity contribution in [3.63, 3.8) is 0 Å². The number of carbonyl (C=O) groups is 2. The van der Waals surface area contributed by atoms with E-state index in [1.807, 2.05) is 55.5 Å². The van der Waals surface area contributed by atoms with Gasteiger partial charge in [0.05, 0.1) is 6.04 Å². The van der Waals surface area contributed by atoms with E-state index in [2.05, 4.69) is 17.6 Å². The van der Waals surface area contributed by atoms with Crippen LogP contribution in [0.2, 0.25) is 0 Å². The van der Waals surface area contributed by atoms with E-state index in [0.29, 0.717) is 13.0 Å². The summed E-state index contributed by atoms with van der Waals surface area (Å²) in [5, 5.41) is 5.70. The lowest BCUT2D eigenvalue weighted by molar-refractivity contribution is -0.117. The average molecular weight is 337 g/mol. The number of anilines is 2. The summed E-state index contributed by atoms with van der Waals surface area (Å²) in [4.78, 5) is 26.1. The highest BCUT2D eigenvalue weighted by molar-refractivity contribution is 5.97. The van der Waals surface area contributed by atoms with Gasteiger partial charge in [0, 0.05) is 24.3 Å². The van der Waals surface area contributed by atoms with E-state index in [1.165, 1.54) is 5.56 Å². The number of nitrogens with zero attached hydrogens (tertiary/aromatic N) is 1. The highest BCUT2D eigenvalue weighted by Gasteiger charge is 2.31. The molecule has 1 aliphatic heterocycles. The molecule has 0 radical (unpaired) electrons. The van der Waals surface area contributed by atoms with Crippen LogP contribution < -0.4 is 15.5 Å². The summed E-state index contributed by atoms with van der Waals surface area (Å²) in [6.45, 7) is 4.59. The first-order chi connectivity index (χ1) is 12.0. The van der Waals surface area contributed by atoms with Crippen molar-refractivity contribution in [1.29, 1.82) is 0 Å². The molecule has 3 rings (SSSR count). The van der Waals surface area contributed by atoms with E-state index in [4.69, 9.17) is 0 Å². The van der Waals surface area contributed by atoms with Crippen LogP contribution in [-0.2, 0) is 11.2 Å². The summed E-state index contributed by atoms with van der Waals surface area (Å²) in [6, 6.07) is 15.1. The molecule has 1 saturated heterocycles. The van der Waals surface area contributed by atoms with Gasteiger partial charge in [-0.15, -0.1) is 0 Å². The van der Waals surface area contributed by atoms with Crippen molar-refractivity contribution < 1.29 is 9.59 Å². The van der Waals surface area contributed by atoms with Crippen LogP contribution in [0.4, 0.5) is 16.2 Å². The molecule has 0 spiro atoms. The summed E-state index contributed by atoms with van der Waals surface area (Å²) in [7, 11) is 0. The zero-order valence-electron chi connectivity index (χ0n) is 14.6. The Morgan fingerprint density at radius 1 is 1.12 bits per heavy atom. The third-order valence-corrected chi connectivity index (χ3v) is 4.43. The minimum Gasteiger partial charge on any atom is -0.333 e. The number of nitrogens with one attached hydrogen (secondary N) is 2. The minimum atomic E-state index is -0.284. The molecule has 3 amide bonds. The fourth-order valence-corrected chi connectivity index (χ4v) is 2.95. The fourth-order valence-electron chi connectivity index (χ4n) is 2.95. The zero-order chi connectivity index (χ0) is 17.8. The molecule has 5 heteroatoms. The summed E-state index contributed by atoms with van der Waals surface area (Å²) in [5.41, 5.74) is 3.99. The van der Waals surface area contributed by atoms with E-state index >= 15 is 0 Å². The van der Waals surface area contributed by atoms with Crippen LogP contribution in [-0.4, -0.2) is 24.5 Å². The van der Waals surface area contributed by atoms with Gasteiger partial charge in [-0.25, -0.2) is 4.79 Å². The summed E-state index contributed by atoms with van der Waals surface area (Å²) < 4.78 is 0. The molecule has 0 aliphatic carbocycles. The van der Waals surface area contributed by atoms with E-state index in [9.17, 15) is 9.59 Å². The maximum absolute atomic E-state index is 12.2. The second-order valence-electron chi connectivity index (χ2n) is 6.39. The lowest BCUT2D eigenvalue weighted by Crippen LogP contribution is -2.39. The number of amides is 3. The van der Waals surface area contributed by atoms with Crippen molar-refractivity contribution >= 4 is 23.3 Å². The molecule has 0 unspecified atom stereocenters. The number of benzene rings is 2. The van der Waals surface area contributed by atoms with E-state index in [0.717, 1.165) is 23.4 Å². The normalized spacial score (nSPS) is 16.8. The van der Waals surface area contributed by atoms with Crippen LogP contribution in [0.15, 0.2) is 48.5 Å². The molecular formula is C20H23N3O2. The van der Waals surface area contributed by atoms with Gasteiger partial charge in [-0.2, -0.15) is 0 Å². The van der Waals surface area contributed by atoms with Gasteiger partial charge in [0.15, 0.2) is 0 Å². The van der Waals surface area contributed by atoms with Crippen LogP contribution in [0.5, 0.6) is 0 Å². The van der Waals surface area contributed by atoms with Gasteiger partial charge in [-0.3, -0.25) is 4.79 Å². The Bertz CT molecular complexity index is 754. The number of hydrogen-bond donors (Lipinski definition) is 2. The molecule has 1 fully saturated rings. The standard InChI is InChI=1S/C20H23N3O2/c1-3-15-6-8-16(9-7-15)21-20(25)22-17-12-19(24)23(13-17)18-10-4-14(2)5-11-18/h4-11,17H,3,12-13H2,1-2H3,(H2,21,22,25)/t17-/m1/s1. The Morgan fingerprint density at radius 3 is 2.44 bits per heavy atom. The number of carbonyl (C=O) groups excluding carboxylic acids is 2. The second-order valence-corrected chi connectivity index (χ2v) is 6.39. The van der Waals surface area contributed by atoms with Crippen molar-refractivity contribution in [2.45, 2.75) is 32.7 Å². The second kappa shape index (κ2) is 7.38. The highest BCUT2D eigenvalue weighted by atomic mass is 16.2. The first-order valence-corrected chi connectivity index (χ1v) is 8.58. The number of urea groups is 1. The van der Waals surface area contributed by atoms with Crippen LogP contribution in [0.3, 0.4) is 0 Å². The van der Waals surface area contributed by atoms with Gasteiger partial charge in [0.25, 0.3) is 0 Å².